The van der Waals surface area contributed by atoms with E-state index in [4.69, 9.17) is 0 Å². The van der Waals surface area contributed by atoms with Gasteiger partial charge in [0.25, 0.3) is 0 Å². The highest BCUT2D eigenvalue weighted by Gasteiger charge is 2.04. The van der Waals surface area contributed by atoms with Crippen molar-refractivity contribution in [1.29, 1.82) is 0 Å². The van der Waals surface area contributed by atoms with E-state index in [1.807, 2.05) is 11.3 Å². The molecule has 1 N–H and O–H groups in total. The molecule has 2 heteroatoms. The van der Waals surface area contributed by atoms with Crippen molar-refractivity contribution in [3.8, 4) is 0 Å². The molecule has 0 spiro atoms. The molecule has 0 atom stereocenters. The highest BCUT2D eigenvalue weighted by molar-refractivity contribution is 7.10. The molecule has 1 nitrogen and oxygen atoms in total. The molecule has 0 saturated carbocycles. The zero-order valence-electron chi connectivity index (χ0n) is 9.43. The normalized spacial score (nSPS) is 20.0. The summed E-state index contributed by atoms with van der Waals surface area (Å²) in [6.45, 7) is 2.27. The Morgan fingerprint density at radius 3 is 2.73 bits per heavy atom. The molecule has 2 heterocycles. The smallest absolute Gasteiger partial charge is 0.0216 e. The van der Waals surface area contributed by atoms with Crippen molar-refractivity contribution in [3.05, 3.63) is 21.9 Å². The van der Waals surface area contributed by atoms with Gasteiger partial charge in [-0.1, -0.05) is 25.7 Å². The first kappa shape index (κ1) is 11.2. The molecule has 15 heavy (non-hydrogen) atoms. The summed E-state index contributed by atoms with van der Waals surface area (Å²) in [5.41, 5.74) is 1.54. The lowest BCUT2D eigenvalue weighted by Gasteiger charge is -2.08. The first-order chi connectivity index (χ1) is 7.47. The molecule has 0 fully saturated rings. The van der Waals surface area contributed by atoms with E-state index in [0.717, 1.165) is 6.54 Å². The fraction of sp³-hybridized carbons (Fsp3) is 0.692. The number of hydrogen-bond donors (Lipinski definition) is 1. The van der Waals surface area contributed by atoms with Crippen molar-refractivity contribution in [3.63, 3.8) is 0 Å². The Morgan fingerprint density at radius 2 is 1.80 bits per heavy atom. The molecule has 1 aromatic heterocycles. The molecular weight excluding hydrogens is 202 g/mol. The minimum Gasteiger partial charge on any atom is -0.313 e. The monoisotopic (exact) mass is 223 g/mol. The number of hydrogen-bond acceptors (Lipinski definition) is 2. The third-order valence-corrected chi connectivity index (χ3v) is 4.18. The molecule has 0 amide bonds. The fourth-order valence-electron chi connectivity index (χ4n) is 2.21. The summed E-state index contributed by atoms with van der Waals surface area (Å²) in [7, 11) is 0. The highest BCUT2D eigenvalue weighted by Crippen LogP contribution is 2.20. The maximum Gasteiger partial charge on any atom is 0.0216 e. The Hall–Kier alpha value is -0.340. The van der Waals surface area contributed by atoms with E-state index in [9.17, 15) is 0 Å². The van der Waals surface area contributed by atoms with Gasteiger partial charge in [-0.3, -0.25) is 0 Å². The van der Waals surface area contributed by atoms with Crippen molar-refractivity contribution >= 4 is 11.3 Å². The molecule has 84 valence electrons. The third-order valence-electron chi connectivity index (χ3n) is 3.16. The predicted octanol–water partition coefficient (Wildman–Crippen LogP) is 3.73. The Kier molecular flexibility index (Phi) is 4.68. The van der Waals surface area contributed by atoms with Gasteiger partial charge in [-0.15, -0.1) is 11.3 Å². The SMILES string of the molecule is c1cc2c(s1)CCCCCCCCNC2. The maximum absolute atomic E-state index is 3.55. The van der Waals surface area contributed by atoms with Crippen LogP contribution in [0, 0.1) is 0 Å². The first-order valence-electron chi connectivity index (χ1n) is 6.23. The van der Waals surface area contributed by atoms with E-state index < -0.39 is 0 Å². The summed E-state index contributed by atoms with van der Waals surface area (Å²) in [6, 6.07) is 2.29. The van der Waals surface area contributed by atoms with Crippen molar-refractivity contribution < 1.29 is 0 Å². The predicted molar refractivity (Wildman–Crippen MR) is 67.4 cm³/mol. The Morgan fingerprint density at radius 1 is 1.00 bits per heavy atom. The van der Waals surface area contributed by atoms with E-state index >= 15 is 0 Å². The Labute approximate surface area is 96.9 Å². The molecule has 1 aromatic rings. The molecule has 2 rings (SSSR count). The van der Waals surface area contributed by atoms with Crippen LogP contribution in [0.5, 0.6) is 0 Å². The van der Waals surface area contributed by atoms with Crippen molar-refractivity contribution in [1.82, 2.24) is 5.32 Å². The number of fused-ring (bicyclic) bond motifs is 1. The van der Waals surface area contributed by atoms with E-state index in [-0.39, 0.29) is 0 Å². The summed E-state index contributed by atoms with van der Waals surface area (Å²) in [5, 5.41) is 5.79. The molecule has 0 unspecified atom stereocenters. The second-order valence-electron chi connectivity index (χ2n) is 4.42. The molecular formula is C13H21NS. The maximum atomic E-state index is 3.55. The minimum atomic E-state index is 1.08. The molecule has 0 saturated heterocycles. The molecule has 0 aliphatic carbocycles. The van der Waals surface area contributed by atoms with E-state index in [1.54, 1.807) is 10.4 Å². The lowest BCUT2D eigenvalue weighted by molar-refractivity contribution is 0.557. The molecule has 1 aliphatic heterocycles. The van der Waals surface area contributed by atoms with Crippen molar-refractivity contribution in [2.45, 2.75) is 51.5 Å². The topological polar surface area (TPSA) is 12.0 Å². The molecule has 0 bridgehead atoms. The summed E-state index contributed by atoms with van der Waals surface area (Å²) in [4.78, 5) is 1.61. The number of nitrogens with one attached hydrogen (secondary N) is 1. The average Bonchev–Trinajstić information content (AvgIpc) is 2.65. The van der Waals surface area contributed by atoms with Crippen molar-refractivity contribution in [2.24, 2.45) is 0 Å². The van der Waals surface area contributed by atoms with Gasteiger partial charge in [-0.05, 0) is 42.8 Å². The standard InChI is InChI=1S/C13H21NS/c1-2-4-6-9-14-11-12-8-10-15-13(12)7-5-3-1/h8,10,14H,1-7,9,11H2. The van der Waals surface area contributed by atoms with Crippen LogP contribution in [0.4, 0.5) is 0 Å². The van der Waals surface area contributed by atoms with Crippen LogP contribution in [0.2, 0.25) is 0 Å². The molecule has 0 aromatic carbocycles. The van der Waals surface area contributed by atoms with Gasteiger partial charge in [-0.25, -0.2) is 0 Å². The zero-order chi connectivity index (χ0) is 10.3. The second kappa shape index (κ2) is 6.29. The van der Waals surface area contributed by atoms with Crippen LogP contribution in [0.25, 0.3) is 0 Å². The lowest BCUT2D eigenvalue weighted by Crippen LogP contribution is -2.15. The van der Waals surface area contributed by atoms with E-state index in [1.165, 1.54) is 51.5 Å². The fourth-order valence-corrected chi connectivity index (χ4v) is 3.16. The Balaban J connectivity index is 1.92. The summed E-state index contributed by atoms with van der Waals surface area (Å²) < 4.78 is 0. The molecule has 1 aliphatic rings. The summed E-state index contributed by atoms with van der Waals surface area (Å²) >= 11 is 1.94. The minimum absolute atomic E-state index is 1.08. The largest absolute Gasteiger partial charge is 0.313 e. The van der Waals surface area contributed by atoms with Gasteiger partial charge < -0.3 is 5.32 Å². The van der Waals surface area contributed by atoms with Crippen LogP contribution < -0.4 is 5.32 Å². The van der Waals surface area contributed by atoms with Crippen LogP contribution in [-0.4, -0.2) is 6.54 Å². The second-order valence-corrected chi connectivity index (χ2v) is 5.42. The highest BCUT2D eigenvalue weighted by atomic mass is 32.1. The lowest BCUT2D eigenvalue weighted by atomic mass is 10.1. The van der Waals surface area contributed by atoms with Gasteiger partial charge in [0, 0.05) is 11.4 Å². The van der Waals surface area contributed by atoms with Gasteiger partial charge >= 0.3 is 0 Å². The number of rotatable bonds is 0. The summed E-state index contributed by atoms with van der Waals surface area (Å²) in [5.74, 6) is 0. The van der Waals surface area contributed by atoms with Crippen LogP contribution in [0.1, 0.15) is 49.0 Å². The van der Waals surface area contributed by atoms with Gasteiger partial charge in [0.1, 0.15) is 0 Å². The van der Waals surface area contributed by atoms with Gasteiger partial charge in [0.05, 0.1) is 0 Å². The van der Waals surface area contributed by atoms with E-state index in [0.29, 0.717) is 0 Å². The third kappa shape index (κ3) is 3.62. The van der Waals surface area contributed by atoms with E-state index in [2.05, 4.69) is 16.8 Å². The summed E-state index contributed by atoms with van der Waals surface area (Å²) in [6.07, 6.45) is 9.72. The first-order valence-corrected chi connectivity index (χ1v) is 7.11. The van der Waals surface area contributed by atoms with Crippen LogP contribution >= 0.6 is 11.3 Å². The molecule has 0 radical (unpaired) electrons. The van der Waals surface area contributed by atoms with Gasteiger partial charge in [0.2, 0.25) is 0 Å². The number of thiophene rings is 1. The zero-order valence-corrected chi connectivity index (χ0v) is 10.2. The van der Waals surface area contributed by atoms with Crippen LogP contribution in [0.15, 0.2) is 11.4 Å². The number of aryl methyl sites for hydroxylation is 1. The quantitative estimate of drug-likeness (QED) is 0.706. The average molecular weight is 223 g/mol. The Bertz CT molecular complexity index is 253. The van der Waals surface area contributed by atoms with Gasteiger partial charge in [-0.2, -0.15) is 0 Å². The van der Waals surface area contributed by atoms with Crippen molar-refractivity contribution in [2.75, 3.05) is 6.54 Å². The van der Waals surface area contributed by atoms with Crippen LogP contribution in [0.3, 0.4) is 0 Å². The van der Waals surface area contributed by atoms with Gasteiger partial charge in [0.15, 0.2) is 0 Å². The van der Waals surface area contributed by atoms with Crippen LogP contribution in [-0.2, 0) is 13.0 Å².